The van der Waals surface area contributed by atoms with Gasteiger partial charge in [0.05, 0.1) is 13.2 Å². The summed E-state index contributed by atoms with van der Waals surface area (Å²) in [5, 5.41) is 0. The highest BCUT2D eigenvalue weighted by atomic mass is 16.5. The minimum atomic E-state index is 0.380. The van der Waals surface area contributed by atoms with Crippen molar-refractivity contribution in [3.63, 3.8) is 0 Å². The van der Waals surface area contributed by atoms with Gasteiger partial charge in [-0.3, -0.25) is 14.6 Å². The highest BCUT2D eigenvalue weighted by Crippen LogP contribution is 2.19. The van der Waals surface area contributed by atoms with Crippen LogP contribution in [0.4, 0.5) is 0 Å². The van der Waals surface area contributed by atoms with Gasteiger partial charge in [-0.15, -0.1) is 0 Å². The molecule has 0 spiro atoms. The number of nitrogens with zero attached hydrogens (tertiary/aromatic N) is 3. The van der Waals surface area contributed by atoms with Crippen molar-refractivity contribution in [3.05, 3.63) is 0 Å². The monoisotopic (exact) mass is 341 g/mol. The summed E-state index contributed by atoms with van der Waals surface area (Å²) < 4.78 is 5.15. The van der Waals surface area contributed by atoms with E-state index in [9.17, 15) is 4.79 Å². The predicted octanol–water partition coefficient (Wildman–Crippen LogP) is 1.97. The molecule has 5 heteroatoms. The number of hydrogen-bond donors (Lipinski definition) is 0. The normalized spacial score (nSPS) is 21.3. The van der Waals surface area contributed by atoms with Gasteiger partial charge in [-0.1, -0.05) is 20.8 Å². The van der Waals surface area contributed by atoms with E-state index in [1.165, 1.54) is 45.6 Å². The first kappa shape index (κ1) is 21.6. The number of likely N-dealkylation sites (tertiary alicyclic amines) is 1. The molecule has 142 valence electrons. The van der Waals surface area contributed by atoms with Crippen molar-refractivity contribution < 1.29 is 9.53 Å². The van der Waals surface area contributed by atoms with E-state index in [1.807, 2.05) is 20.8 Å². The van der Waals surface area contributed by atoms with Crippen LogP contribution in [0.25, 0.3) is 0 Å². The van der Waals surface area contributed by atoms with Crippen LogP contribution in [0.15, 0.2) is 0 Å². The molecule has 0 amide bonds. The molecule has 0 aromatic heterocycles. The van der Waals surface area contributed by atoms with Gasteiger partial charge in [-0.25, -0.2) is 0 Å². The highest BCUT2D eigenvalue weighted by Gasteiger charge is 2.24. The van der Waals surface area contributed by atoms with Gasteiger partial charge >= 0.3 is 0 Å². The quantitative estimate of drug-likeness (QED) is 0.674. The van der Waals surface area contributed by atoms with E-state index < -0.39 is 0 Å². The van der Waals surface area contributed by atoms with E-state index in [0.717, 1.165) is 32.2 Å². The fourth-order valence-corrected chi connectivity index (χ4v) is 3.47. The summed E-state index contributed by atoms with van der Waals surface area (Å²) in [4.78, 5) is 19.0. The fraction of sp³-hybridized carbons (Fsp3) is 0.947. The van der Waals surface area contributed by atoms with Crippen molar-refractivity contribution in [1.82, 2.24) is 14.7 Å². The lowest BCUT2D eigenvalue weighted by Crippen LogP contribution is -2.49. The molecule has 0 unspecified atom stereocenters. The summed E-state index contributed by atoms with van der Waals surface area (Å²) in [6, 6.07) is 0. The minimum Gasteiger partial charge on any atom is -0.383 e. The van der Waals surface area contributed by atoms with Crippen molar-refractivity contribution in [2.24, 2.45) is 5.92 Å². The van der Waals surface area contributed by atoms with E-state index in [2.05, 4.69) is 14.7 Å². The number of hydrogen-bond acceptors (Lipinski definition) is 5. The first-order chi connectivity index (χ1) is 11.7. The van der Waals surface area contributed by atoms with Gasteiger partial charge in [0, 0.05) is 52.8 Å². The van der Waals surface area contributed by atoms with Crippen LogP contribution in [-0.4, -0.2) is 93.1 Å². The SMILES string of the molecule is CC.CCC(=O)CN1CCC(CN2CCN(CCOC)CC2)CC1. The number of Topliss-reactive ketones (excluding diaryl/α,β-unsaturated/α-hetero) is 1. The molecule has 0 bridgehead atoms. The summed E-state index contributed by atoms with van der Waals surface area (Å²) in [5.74, 6) is 1.20. The summed E-state index contributed by atoms with van der Waals surface area (Å²) in [7, 11) is 1.77. The Morgan fingerprint density at radius 3 is 2.08 bits per heavy atom. The first-order valence-corrected chi connectivity index (χ1v) is 9.89. The highest BCUT2D eigenvalue weighted by molar-refractivity contribution is 5.80. The maximum Gasteiger partial charge on any atom is 0.146 e. The molecule has 24 heavy (non-hydrogen) atoms. The van der Waals surface area contributed by atoms with E-state index in [4.69, 9.17) is 4.74 Å². The van der Waals surface area contributed by atoms with Gasteiger partial charge in [0.15, 0.2) is 0 Å². The summed E-state index contributed by atoms with van der Waals surface area (Å²) >= 11 is 0. The second-order valence-electron chi connectivity index (χ2n) is 6.75. The third kappa shape index (κ3) is 8.06. The topological polar surface area (TPSA) is 36.0 Å². The lowest BCUT2D eigenvalue weighted by molar-refractivity contribution is -0.120. The molecule has 0 aromatic rings. The van der Waals surface area contributed by atoms with Gasteiger partial charge in [0.1, 0.15) is 5.78 Å². The van der Waals surface area contributed by atoms with Gasteiger partial charge < -0.3 is 9.64 Å². The molecule has 2 heterocycles. The predicted molar refractivity (Wildman–Crippen MR) is 101 cm³/mol. The second kappa shape index (κ2) is 12.8. The lowest BCUT2D eigenvalue weighted by atomic mass is 9.95. The van der Waals surface area contributed by atoms with Gasteiger partial charge in [0.25, 0.3) is 0 Å². The number of methoxy groups -OCH3 is 1. The zero-order valence-corrected chi connectivity index (χ0v) is 16.4. The van der Waals surface area contributed by atoms with Crippen molar-refractivity contribution in [2.75, 3.05) is 72.6 Å². The van der Waals surface area contributed by atoms with Gasteiger partial charge in [-0.05, 0) is 31.8 Å². The number of piperazine rings is 1. The molecule has 0 aliphatic carbocycles. The Balaban J connectivity index is 0.00000139. The van der Waals surface area contributed by atoms with Crippen LogP contribution in [-0.2, 0) is 9.53 Å². The zero-order chi connectivity index (χ0) is 17.8. The van der Waals surface area contributed by atoms with Crippen molar-refractivity contribution in [3.8, 4) is 0 Å². The van der Waals surface area contributed by atoms with E-state index >= 15 is 0 Å². The number of carbonyl (C=O) groups is 1. The Bertz CT molecular complexity index is 323. The first-order valence-electron chi connectivity index (χ1n) is 9.89. The van der Waals surface area contributed by atoms with Crippen LogP contribution < -0.4 is 0 Å². The molecule has 0 saturated carbocycles. The van der Waals surface area contributed by atoms with E-state index in [1.54, 1.807) is 7.11 Å². The summed E-state index contributed by atoms with van der Waals surface area (Å²) in [6.07, 6.45) is 3.18. The third-order valence-corrected chi connectivity index (χ3v) is 5.09. The number of ketones is 1. The number of carbonyl (C=O) groups excluding carboxylic acids is 1. The molecule has 5 nitrogen and oxygen atoms in total. The molecule has 0 radical (unpaired) electrons. The Hall–Kier alpha value is -0.490. The molecular weight excluding hydrogens is 302 g/mol. The van der Waals surface area contributed by atoms with Crippen LogP contribution in [0, 0.1) is 5.92 Å². The molecule has 2 saturated heterocycles. The molecule has 0 aromatic carbocycles. The minimum absolute atomic E-state index is 0.380. The molecular formula is C19H39N3O2. The Morgan fingerprint density at radius 2 is 1.54 bits per heavy atom. The number of ether oxygens (including phenoxy) is 1. The fourth-order valence-electron chi connectivity index (χ4n) is 3.47. The van der Waals surface area contributed by atoms with Crippen molar-refractivity contribution in [2.45, 2.75) is 40.0 Å². The Morgan fingerprint density at radius 1 is 0.958 bits per heavy atom. The summed E-state index contributed by atoms with van der Waals surface area (Å²) in [6.45, 7) is 16.7. The average molecular weight is 342 g/mol. The van der Waals surface area contributed by atoms with Crippen LogP contribution >= 0.6 is 0 Å². The smallest absolute Gasteiger partial charge is 0.146 e. The molecule has 2 aliphatic heterocycles. The Labute approximate surface area is 149 Å². The van der Waals surface area contributed by atoms with Crippen molar-refractivity contribution in [1.29, 1.82) is 0 Å². The van der Waals surface area contributed by atoms with Crippen LogP contribution in [0.3, 0.4) is 0 Å². The van der Waals surface area contributed by atoms with Gasteiger partial charge in [0.2, 0.25) is 0 Å². The Kier molecular flexibility index (Phi) is 11.5. The van der Waals surface area contributed by atoms with Crippen molar-refractivity contribution >= 4 is 5.78 Å². The molecule has 0 N–H and O–H groups in total. The standard InChI is InChI=1S/C17H33N3O2.C2H6/c1-3-17(21)15-19-6-4-16(5-7-19)14-20-10-8-18(9-11-20)12-13-22-2;1-2/h16H,3-15H2,1-2H3;1-2H3. The van der Waals surface area contributed by atoms with Crippen LogP contribution in [0.5, 0.6) is 0 Å². The maximum absolute atomic E-state index is 11.5. The van der Waals surface area contributed by atoms with Gasteiger partial charge in [-0.2, -0.15) is 0 Å². The zero-order valence-electron chi connectivity index (χ0n) is 16.4. The molecule has 2 rings (SSSR count). The second-order valence-corrected chi connectivity index (χ2v) is 6.75. The number of piperidine rings is 1. The lowest BCUT2D eigenvalue weighted by Gasteiger charge is -2.38. The largest absolute Gasteiger partial charge is 0.383 e. The molecule has 2 aliphatic rings. The van der Waals surface area contributed by atoms with E-state index in [0.29, 0.717) is 18.7 Å². The van der Waals surface area contributed by atoms with Crippen LogP contribution in [0.2, 0.25) is 0 Å². The summed E-state index contributed by atoms with van der Waals surface area (Å²) in [5.41, 5.74) is 0. The maximum atomic E-state index is 11.5. The van der Waals surface area contributed by atoms with E-state index in [-0.39, 0.29) is 0 Å². The van der Waals surface area contributed by atoms with Crippen LogP contribution in [0.1, 0.15) is 40.0 Å². The molecule has 0 atom stereocenters. The average Bonchev–Trinajstić information content (AvgIpc) is 2.64. The third-order valence-electron chi connectivity index (χ3n) is 5.09. The molecule has 2 fully saturated rings. The number of rotatable bonds is 8.